The third-order valence-corrected chi connectivity index (χ3v) is 5.98. The summed E-state index contributed by atoms with van der Waals surface area (Å²) in [5, 5.41) is 0. The molecule has 3 rings (SSSR count). The van der Waals surface area contributed by atoms with E-state index in [2.05, 4.69) is 13.8 Å². The molecule has 3 fully saturated rings. The van der Waals surface area contributed by atoms with Crippen LogP contribution in [0, 0.1) is 35.5 Å². The van der Waals surface area contributed by atoms with Gasteiger partial charge in [-0.2, -0.15) is 0 Å². The van der Waals surface area contributed by atoms with E-state index in [0.29, 0.717) is 18.9 Å². The molecule has 0 aliphatic heterocycles. The minimum absolute atomic E-state index is 0.0327. The van der Waals surface area contributed by atoms with E-state index in [0.717, 1.165) is 30.3 Å². The Morgan fingerprint density at radius 1 is 1.19 bits per heavy atom. The number of alkyl halides is 2. The molecule has 0 spiro atoms. The van der Waals surface area contributed by atoms with Crippen LogP contribution >= 0.6 is 0 Å². The molecule has 21 heavy (non-hydrogen) atoms. The molecule has 0 radical (unpaired) electrons. The highest BCUT2D eigenvalue weighted by molar-refractivity contribution is 4.95. The van der Waals surface area contributed by atoms with Gasteiger partial charge in [0.15, 0.2) is 0 Å². The van der Waals surface area contributed by atoms with Crippen LogP contribution in [0.1, 0.15) is 58.8 Å². The lowest BCUT2D eigenvalue weighted by atomic mass is 9.96. The molecule has 4 unspecified atom stereocenters. The van der Waals surface area contributed by atoms with Crippen LogP contribution in [0.5, 0.6) is 0 Å². The Balaban J connectivity index is 1.26. The summed E-state index contributed by atoms with van der Waals surface area (Å²) in [6, 6.07) is 0. The van der Waals surface area contributed by atoms with Gasteiger partial charge in [-0.15, -0.1) is 0 Å². The lowest BCUT2D eigenvalue weighted by molar-refractivity contribution is -0.00313. The number of hydrogen-bond acceptors (Lipinski definition) is 1. The maximum atomic E-state index is 13.1. The third-order valence-electron chi connectivity index (χ3n) is 5.98. The van der Waals surface area contributed by atoms with Gasteiger partial charge in [0.1, 0.15) is 0 Å². The van der Waals surface area contributed by atoms with Crippen LogP contribution in [0.25, 0.3) is 0 Å². The molecule has 0 aromatic heterocycles. The first-order valence-electron chi connectivity index (χ1n) is 8.90. The minimum atomic E-state index is -2.43. The summed E-state index contributed by atoms with van der Waals surface area (Å²) in [6.45, 7) is 5.97. The van der Waals surface area contributed by atoms with Crippen molar-refractivity contribution in [2.75, 3.05) is 13.2 Å². The van der Waals surface area contributed by atoms with Crippen molar-refractivity contribution in [3.8, 4) is 0 Å². The van der Waals surface area contributed by atoms with Gasteiger partial charge < -0.3 is 4.74 Å². The molecule has 0 aromatic carbocycles. The average Bonchev–Trinajstić information content (AvgIpc) is 3.30. The summed E-state index contributed by atoms with van der Waals surface area (Å²) < 4.78 is 31.9. The van der Waals surface area contributed by atoms with Crippen molar-refractivity contribution in [2.45, 2.75) is 64.7 Å². The van der Waals surface area contributed by atoms with Crippen molar-refractivity contribution in [3.63, 3.8) is 0 Å². The number of halogens is 2. The van der Waals surface area contributed by atoms with E-state index in [4.69, 9.17) is 4.74 Å². The predicted molar refractivity (Wildman–Crippen MR) is 80.4 cm³/mol. The molecule has 0 bridgehead atoms. The zero-order valence-corrected chi connectivity index (χ0v) is 13.5. The Bertz CT molecular complexity index is 353. The van der Waals surface area contributed by atoms with Crippen molar-refractivity contribution < 1.29 is 13.5 Å². The molecule has 0 saturated heterocycles. The Hall–Kier alpha value is -0.180. The molecule has 3 aliphatic carbocycles. The smallest absolute Gasteiger partial charge is 0.248 e. The fourth-order valence-electron chi connectivity index (χ4n) is 4.36. The van der Waals surface area contributed by atoms with Gasteiger partial charge in [0, 0.05) is 26.1 Å². The Morgan fingerprint density at radius 2 is 1.95 bits per heavy atom. The highest BCUT2D eigenvalue weighted by Gasteiger charge is 2.46. The largest absolute Gasteiger partial charge is 0.381 e. The van der Waals surface area contributed by atoms with Crippen LogP contribution in [-0.2, 0) is 4.74 Å². The van der Waals surface area contributed by atoms with E-state index >= 15 is 0 Å². The molecule has 3 saturated carbocycles. The number of hydrogen-bond donors (Lipinski definition) is 0. The zero-order chi connectivity index (χ0) is 15.0. The van der Waals surface area contributed by atoms with Gasteiger partial charge in [0.2, 0.25) is 5.92 Å². The lowest BCUT2D eigenvalue weighted by Crippen LogP contribution is -2.15. The SMILES string of the molecule is CC(COCC1CCC(F)(F)C1)CC1CC1[C@H](C)C1CC1. The maximum absolute atomic E-state index is 13.1. The van der Waals surface area contributed by atoms with Gasteiger partial charge in [-0.3, -0.25) is 0 Å². The van der Waals surface area contributed by atoms with Crippen LogP contribution in [-0.4, -0.2) is 19.1 Å². The Labute approximate surface area is 127 Å². The molecule has 1 nitrogen and oxygen atoms in total. The first-order valence-corrected chi connectivity index (χ1v) is 8.90. The fraction of sp³-hybridized carbons (Fsp3) is 1.00. The monoisotopic (exact) mass is 300 g/mol. The molecule has 122 valence electrons. The molecule has 5 atom stereocenters. The topological polar surface area (TPSA) is 9.23 Å². The molecule has 0 N–H and O–H groups in total. The van der Waals surface area contributed by atoms with Gasteiger partial charge in [-0.25, -0.2) is 8.78 Å². The molecule has 0 aromatic rings. The quantitative estimate of drug-likeness (QED) is 0.602. The predicted octanol–water partition coefficient (Wildman–Crippen LogP) is 5.15. The average molecular weight is 300 g/mol. The van der Waals surface area contributed by atoms with Gasteiger partial charge in [-0.1, -0.05) is 13.8 Å². The number of ether oxygens (including phenoxy) is 1. The summed E-state index contributed by atoms with van der Waals surface area (Å²) in [5.41, 5.74) is 0. The second-order valence-electron chi connectivity index (χ2n) is 8.20. The Kier molecular flexibility index (Phi) is 4.59. The summed E-state index contributed by atoms with van der Waals surface area (Å²) >= 11 is 0. The zero-order valence-electron chi connectivity index (χ0n) is 13.5. The first kappa shape index (κ1) is 15.7. The molecular formula is C18H30F2O. The van der Waals surface area contributed by atoms with Crippen molar-refractivity contribution in [1.82, 2.24) is 0 Å². The van der Waals surface area contributed by atoms with Gasteiger partial charge in [-0.05, 0) is 67.6 Å². The van der Waals surface area contributed by atoms with Gasteiger partial charge in [0.25, 0.3) is 0 Å². The fourth-order valence-corrected chi connectivity index (χ4v) is 4.36. The molecule has 0 heterocycles. The van der Waals surface area contributed by atoms with Crippen LogP contribution < -0.4 is 0 Å². The summed E-state index contributed by atoms with van der Waals surface area (Å²) in [4.78, 5) is 0. The normalized spacial score (nSPS) is 37.4. The molecule has 0 amide bonds. The van der Waals surface area contributed by atoms with Crippen LogP contribution in [0.3, 0.4) is 0 Å². The van der Waals surface area contributed by atoms with Crippen molar-refractivity contribution >= 4 is 0 Å². The molecular weight excluding hydrogens is 270 g/mol. The second-order valence-corrected chi connectivity index (χ2v) is 8.20. The van der Waals surface area contributed by atoms with Crippen molar-refractivity contribution in [1.29, 1.82) is 0 Å². The first-order chi connectivity index (χ1) is 9.94. The summed E-state index contributed by atoms with van der Waals surface area (Å²) in [6.07, 6.45) is 6.30. The van der Waals surface area contributed by atoms with Crippen LogP contribution in [0.2, 0.25) is 0 Å². The van der Waals surface area contributed by atoms with Gasteiger partial charge >= 0.3 is 0 Å². The molecule has 3 aliphatic rings. The van der Waals surface area contributed by atoms with E-state index in [1.165, 1.54) is 25.7 Å². The standard InChI is InChI=1S/C18H30F2O/c1-12(7-16-8-17(16)13(2)15-3-4-15)10-21-11-14-5-6-18(19,20)9-14/h12-17H,3-11H2,1-2H3/t12?,13-,14?,16?,17?/m1/s1. The highest BCUT2D eigenvalue weighted by Crippen LogP contribution is 2.54. The Morgan fingerprint density at radius 3 is 2.57 bits per heavy atom. The third kappa shape index (κ3) is 4.40. The van der Waals surface area contributed by atoms with Crippen molar-refractivity contribution in [2.24, 2.45) is 35.5 Å². The summed E-state index contributed by atoms with van der Waals surface area (Å²) in [5.74, 6) is 2.06. The van der Waals surface area contributed by atoms with Crippen LogP contribution in [0.15, 0.2) is 0 Å². The minimum Gasteiger partial charge on any atom is -0.381 e. The van der Waals surface area contributed by atoms with Crippen LogP contribution in [0.4, 0.5) is 8.78 Å². The van der Waals surface area contributed by atoms with Crippen molar-refractivity contribution in [3.05, 3.63) is 0 Å². The van der Waals surface area contributed by atoms with E-state index in [1.54, 1.807) is 0 Å². The van der Waals surface area contributed by atoms with E-state index in [9.17, 15) is 8.78 Å². The number of rotatable bonds is 8. The second kappa shape index (κ2) is 6.14. The highest BCUT2D eigenvalue weighted by atomic mass is 19.3. The maximum Gasteiger partial charge on any atom is 0.248 e. The van der Waals surface area contributed by atoms with E-state index in [-0.39, 0.29) is 18.8 Å². The molecule has 3 heteroatoms. The summed E-state index contributed by atoms with van der Waals surface area (Å²) in [7, 11) is 0. The van der Waals surface area contributed by atoms with Gasteiger partial charge in [0.05, 0.1) is 0 Å². The van der Waals surface area contributed by atoms with E-state index < -0.39 is 5.92 Å². The lowest BCUT2D eigenvalue weighted by Gasteiger charge is -2.16. The van der Waals surface area contributed by atoms with E-state index in [1.807, 2.05) is 0 Å².